The zero-order valence-corrected chi connectivity index (χ0v) is 12.5. The lowest BCUT2D eigenvalue weighted by Gasteiger charge is -2.34. The fraction of sp³-hybridized carbons (Fsp3) is 0.533. The number of carbonyl (C=O) groups excluding carboxylic acids is 1. The summed E-state index contributed by atoms with van der Waals surface area (Å²) in [6.07, 6.45) is 11.3. The van der Waals surface area contributed by atoms with E-state index in [2.05, 4.69) is 16.3 Å². The average molecular weight is 287 g/mol. The highest BCUT2D eigenvalue weighted by molar-refractivity contribution is 5.80. The molecule has 0 radical (unpaired) electrons. The van der Waals surface area contributed by atoms with E-state index in [1.54, 1.807) is 12.5 Å². The monoisotopic (exact) mass is 287 g/mol. The summed E-state index contributed by atoms with van der Waals surface area (Å²) in [7, 11) is 0. The highest BCUT2D eigenvalue weighted by atomic mass is 16.2. The van der Waals surface area contributed by atoms with Crippen LogP contribution in [0.3, 0.4) is 0 Å². The Kier molecular flexibility index (Phi) is 3.77. The van der Waals surface area contributed by atoms with E-state index in [0.29, 0.717) is 0 Å². The van der Waals surface area contributed by atoms with Crippen molar-refractivity contribution in [3.8, 4) is 0 Å². The number of nitrogens with zero attached hydrogens (tertiary/aromatic N) is 5. The van der Waals surface area contributed by atoms with Crippen molar-refractivity contribution in [1.29, 1.82) is 0 Å². The van der Waals surface area contributed by atoms with Crippen molar-refractivity contribution in [2.45, 2.75) is 38.8 Å². The van der Waals surface area contributed by atoms with E-state index >= 15 is 0 Å². The lowest BCUT2D eigenvalue weighted by Crippen LogP contribution is -2.43. The maximum Gasteiger partial charge on any atom is 0.245 e. The van der Waals surface area contributed by atoms with Gasteiger partial charge in [0.25, 0.3) is 0 Å². The smallest absolute Gasteiger partial charge is 0.245 e. The quantitative estimate of drug-likeness (QED) is 0.865. The number of aryl methyl sites for hydroxylation is 1. The van der Waals surface area contributed by atoms with Gasteiger partial charge in [0.1, 0.15) is 6.04 Å². The third-order valence-corrected chi connectivity index (χ3v) is 4.14. The lowest BCUT2D eigenvalue weighted by atomic mass is 10.0. The van der Waals surface area contributed by atoms with Crippen LogP contribution in [0.25, 0.3) is 0 Å². The standard InChI is InChI=1S/C15H21N5O/c1-12-8-17-20(9-12)14-4-3-6-18(10-14)15(21)13(2)19-7-5-16-11-19/h5,7-9,11,13-14H,3-4,6,10H2,1-2H3/t13-,14+/m0/s1. The van der Waals surface area contributed by atoms with E-state index in [1.807, 2.05) is 40.4 Å². The Bertz CT molecular complexity index is 603. The Morgan fingerprint density at radius 2 is 2.33 bits per heavy atom. The van der Waals surface area contributed by atoms with E-state index in [1.165, 1.54) is 0 Å². The number of rotatable bonds is 3. The molecule has 0 aliphatic carbocycles. The van der Waals surface area contributed by atoms with E-state index < -0.39 is 0 Å². The first-order valence-corrected chi connectivity index (χ1v) is 7.42. The average Bonchev–Trinajstić information content (AvgIpc) is 3.17. The first kappa shape index (κ1) is 13.9. The SMILES string of the molecule is Cc1cnn([C@@H]2CCCN(C(=O)[C@H](C)n3ccnc3)C2)c1. The van der Waals surface area contributed by atoms with Gasteiger partial charge in [-0.3, -0.25) is 9.48 Å². The first-order valence-electron chi connectivity index (χ1n) is 7.42. The second-order valence-corrected chi connectivity index (χ2v) is 5.76. The van der Waals surface area contributed by atoms with Crippen molar-refractivity contribution in [3.05, 3.63) is 36.7 Å². The van der Waals surface area contributed by atoms with Gasteiger partial charge in [0.05, 0.1) is 18.6 Å². The maximum atomic E-state index is 12.6. The van der Waals surface area contributed by atoms with Crippen LogP contribution >= 0.6 is 0 Å². The molecule has 1 fully saturated rings. The predicted octanol–water partition coefficient (Wildman–Crippen LogP) is 1.81. The summed E-state index contributed by atoms with van der Waals surface area (Å²) in [5, 5.41) is 4.39. The number of hydrogen-bond donors (Lipinski definition) is 0. The molecular formula is C15H21N5O. The molecule has 1 aliphatic heterocycles. The molecule has 1 saturated heterocycles. The minimum absolute atomic E-state index is 0.154. The molecular weight excluding hydrogens is 266 g/mol. The van der Waals surface area contributed by atoms with Crippen molar-refractivity contribution in [2.24, 2.45) is 0 Å². The predicted molar refractivity (Wildman–Crippen MR) is 78.8 cm³/mol. The van der Waals surface area contributed by atoms with Gasteiger partial charge in [0.2, 0.25) is 5.91 Å². The maximum absolute atomic E-state index is 12.6. The molecule has 1 amide bonds. The number of hydrogen-bond acceptors (Lipinski definition) is 3. The summed E-state index contributed by atoms with van der Waals surface area (Å²) in [6, 6.07) is 0.0806. The summed E-state index contributed by atoms with van der Waals surface area (Å²) >= 11 is 0. The highest BCUT2D eigenvalue weighted by Gasteiger charge is 2.28. The zero-order valence-electron chi connectivity index (χ0n) is 12.5. The number of aromatic nitrogens is 4. The Balaban J connectivity index is 1.69. The fourth-order valence-electron chi connectivity index (χ4n) is 2.89. The summed E-state index contributed by atoms with van der Waals surface area (Å²) in [5.41, 5.74) is 1.16. The molecule has 0 unspecified atom stereocenters. The van der Waals surface area contributed by atoms with Crippen molar-refractivity contribution in [1.82, 2.24) is 24.2 Å². The van der Waals surface area contributed by atoms with Gasteiger partial charge in [0.15, 0.2) is 0 Å². The van der Waals surface area contributed by atoms with Crippen molar-refractivity contribution >= 4 is 5.91 Å². The highest BCUT2D eigenvalue weighted by Crippen LogP contribution is 2.23. The topological polar surface area (TPSA) is 56.0 Å². The van der Waals surface area contributed by atoms with Gasteiger partial charge < -0.3 is 9.47 Å². The van der Waals surface area contributed by atoms with E-state index in [0.717, 1.165) is 31.5 Å². The second kappa shape index (κ2) is 5.71. The summed E-state index contributed by atoms with van der Waals surface area (Å²) in [6.45, 7) is 5.52. The van der Waals surface area contributed by atoms with Crippen LogP contribution < -0.4 is 0 Å². The minimum Gasteiger partial charge on any atom is -0.339 e. The summed E-state index contributed by atoms with van der Waals surface area (Å²) in [4.78, 5) is 18.6. The molecule has 0 spiro atoms. The molecule has 2 aromatic heterocycles. The van der Waals surface area contributed by atoms with Gasteiger partial charge in [-0.2, -0.15) is 5.10 Å². The van der Waals surface area contributed by atoms with Gasteiger partial charge in [0, 0.05) is 31.7 Å². The van der Waals surface area contributed by atoms with Crippen LogP contribution in [0.2, 0.25) is 0 Å². The van der Waals surface area contributed by atoms with Gasteiger partial charge in [-0.05, 0) is 32.3 Å². The van der Waals surface area contributed by atoms with Crippen LogP contribution in [0.5, 0.6) is 0 Å². The Hall–Kier alpha value is -2.11. The van der Waals surface area contributed by atoms with Crippen LogP contribution in [-0.4, -0.2) is 43.2 Å². The van der Waals surface area contributed by atoms with E-state index in [4.69, 9.17) is 0 Å². The van der Waals surface area contributed by atoms with Crippen LogP contribution in [0.15, 0.2) is 31.1 Å². The molecule has 1 aliphatic rings. The molecule has 0 aromatic carbocycles. The van der Waals surface area contributed by atoms with Crippen molar-refractivity contribution in [3.63, 3.8) is 0 Å². The number of amides is 1. The molecule has 2 atom stereocenters. The lowest BCUT2D eigenvalue weighted by molar-refractivity contribution is -0.136. The largest absolute Gasteiger partial charge is 0.339 e. The van der Waals surface area contributed by atoms with Gasteiger partial charge in [-0.15, -0.1) is 0 Å². The van der Waals surface area contributed by atoms with Gasteiger partial charge in [-0.25, -0.2) is 4.98 Å². The molecule has 2 aromatic rings. The third kappa shape index (κ3) is 2.84. The first-order chi connectivity index (χ1) is 10.1. The fourth-order valence-corrected chi connectivity index (χ4v) is 2.89. The normalized spacial score (nSPS) is 20.5. The van der Waals surface area contributed by atoms with Crippen LogP contribution in [-0.2, 0) is 4.79 Å². The number of piperidine rings is 1. The minimum atomic E-state index is -0.203. The molecule has 0 saturated carbocycles. The third-order valence-electron chi connectivity index (χ3n) is 4.14. The van der Waals surface area contributed by atoms with Crippen LogP contribution in [0.1, 0.15) is 37.4 Å². The molecule has 3 rings (SSSR count). The molecule has 6 heteroatoms. The van der Waals surface area contributed by atoms with Crippen LogP contribution in [0, 0.1) is 6.92 Å². The number of likely N-dealkylation sites (tertiary alicyclic amines) is 1. The molecule has 112 valence electrons. The Morgan fingerprint density at radius 3 is 3.00 bits per heavy atom. The molecule has 3 heterocycles. The van der Waals surface area contributed by atoms with Crippen LogP contribution in [0.4, 0.5) is 0 Å². The molecule has 6 nitrogen and oxygen atoms in total. The van der Waals surface area contributed by atoms with Gasteiger partial charge >= 0.3 is 0 Å². The number of imidazole rings is 1. The summed E-state index contributed by atoms with van der Waals surface area (Å²) < 4.78 is 3.85. The van der Waals surface area contributed by atoms with Crippen molar-refractivity contribution < 1.29 is 4.79 Å². The van der Waals surface area contributed by atoms with Crippen molar-refractivity contribution in [2.75, 3.05) is 13.1 Å². The zero-order chi connectivity index (χ0) is 14.8. The van der Waals surface area contributed by atoms with Gasteiger partial charge in [-0.1, -0.05) is 0 Å². The molecule has 21 heavy (non-hydrogen) atoms. The Labute approximate surface area is 124 Å². The van der Waals surface area contributed by atoms with E-state index in [9.17, 15) is 4.79 Å². The Morgan fingerprint density at radius 1 is 1.48 bits per heavy atom. The number of carbonyl (C=O) groups is 1. The van der Waals surface area contributed by atoms with E-state index in [-0.39, 0.29) is 18.0 Å². The molecule has 0 bridgehead atoms. The summed E-state index contributed by atoms with van der Waals surface area (Å²) in [5.74, 6) is 0.154. The second-order valence-electron chi connectivity index (χ2n) is 5.76. The molecule has 0 N–H and O–H groups in total.